The summed E-state index contributed by atoms with van der Waals surface area (Å²) in [7, 11) is 1.57. The van der Waals surface area contributed by atoms with Gasteiger partial charge in [0.1, 0.15) is 0 Å². The molecule has 2 N–H and O–H groups in total. The van der Waals surface area contributed by atoms with E-state index in [0.29, 0.717) is 11.7 Å². The van der Waals surface area contributed by atoms with E-state index in [0.717, 1.165) is 38.0 Å². The number of rotatable bonds is 5. The van der Waals surface area contributed by atoms with Crippen LogP contribution in [0.25, 0.3) is 11.1 Å². The number of aromatic amines is 1. The third kappa shape index (κ3) is 3.90. The number of piperidine rings is 1. The summed E-state index contributed by atoms with van der Waals surface area (Å²) in [5.41, 5.74) is 6.02. The van der Waals surface area contributed by atoms with Crippen molar-refractivity contribution in [3.05, 3.63) is 65.5 Å². The lowest BCUT2D eigenvalue weighted by atomic mass is 9.90. The van der Waals surface area contributed by atoms with E-state index >= 15 is 0 Å². The Balaban J connectivity index is 1.50. The van der Waals surface area contributed by atoms with Gasteiger partial charge in [-0.2, -0.15) is 5.10 Å². The fourth-order valence-electron chi connectivity index (χ4n) is 4.18. The van der Waals surface area contributed by atoms with Crippen LogP contribution in [0.15, 0.2) is 48.7 Å². The molecule has 0 bridgehead atoms. The number of phenolic OH excluding ortho intramolecular Hbond substituents is 1. The van der Waals surface area contributed by atoms with E-state index in [9.17, 15) is 5.11 Å². The van der Waals surface area contributed by atoms with Gasteiger partial charge in [-0.1, -0.05) is 35.9 Å². The highest BCUT2D eigenvalue weighted by Crippen LogP contribution is 2.34. The van der Waals surface area contributed by atoms with Gasteiger partial charge in [0.05, 0.1) is 13.3 Å². The van der Waals surface area contributed by atoms with Crippen LogP contribution in [-0.4, -0.2) is 40.4 Å². The second kappa shape index (κ2) is 8.07. The monoisotopic (exact) mass is 377 g/mol. The normalized spacial score (nSPS) is 17.6. The number of likely N-dealkylation sites (tertiary alicyclic amines) is 1. The molecule has 3 aromatic rings. The van der Waals surface area contributed by atoms with Gasteiger partial charge >= 0.3 is 0 Å². The zero-order valence-electron chi connectivity index (χ0n) is 16.5. The standard InChI is InChI=1S/C23H27N3O2/c1-16-5-3-6-18(11-16)20-13-24-25-23(20)19-7-4-10-26(15-19)14-17-8-9-22(28-2)21(27)12-17/h3,5-6,8-9,11-13,19,27H,4,7,10,14-15H2,1-2H3,(H,24,25). The van der Waals surface area contributed by atoms with Crippen LogP contribution >= 0.6 is 0 Å². The predicted molar refractivity (Wildman–Crippen MR) is 111 cm³/mol. The summed E-state index contributed by atoms with van der Waals surface area (Å²) in [5, 5.41) is 17.7. The number of phenols is 1. The Morgan fingerprint density at radius 3 is 2.93 bits per heavy atom. The highest BCUT2D eigenvalue weighted by atomic mass is 16.5. The second-order valence-electron chi connectivity index (χ2n) is 7.65. The Morgan fingerprint density at radius 1 is 1.25 bits per heavy atom. The van der Waals surface area contributed by atoms with Gasteiger partial charge in [-0.3, -0.25) is 10.00 Å². The van der Waals surface area contributed by atoms with E-state index in [1.165, 1.54) is 22.4 Å². The van der Waals surface area contributed by atoms with Gasteiger partial charge in [0.2, 0.25) is 0 Å². The molecule has 1 aliphatic heterocycles. The molecular weight excluding hydrogens is 350 g/mol. The molecule has 0 aliphatic carbocycles. The molecule has 0 spiro atoms. The Labute approximate surface area is 166 Å². The maximum Gasteiger partial charge on any atom is 0.160 e. The molecule has 4 rings (SSSR count). The summed E-state index contributed by atoms with van der Waals surface area (Å²) in [5.74, 6) is 1.14. The summed E-state index contributed by atoms with van der Waals surface area (Å²) in [4.78, 5) is 2.45. The molecule has 1 atom stereocenters. The SMILES string of the molecule is COc1ccc(CN2CCCC(c3[nH]ncc3-c3cccc(C)c3)C2)cc1O. The number of H-pyrrole nitrogens is 1. The zero-order chi connectivity index (χ0) is 19.5. The number of benzene rings is 2. The smallest absolute Gasteiger partial charge is 0.160 e. The first kappa shape index (κ1) is 18.6. The summed E-state index contributed by atoms with van der Waals surface area (Å²) in [6, 6.07) is 14.3. The average molecular weight is 377 g/mol. The van der Waals surface area contributed by atoms with Crippen LogP contribution in [0.5, 0.6) is 11.5 Å². The van der Waals surface area contributed by atoms with E-state index in [2.05, 4.69) is 46.3 Å². The molecule has 1 fully saturated rings. The lowest BCUT2D eigenvalue weighted by molar-refractivity contribution is 0.198. The Kier molecular flexibility index (Phi) is 5.35. The minimum Gasteiger partial charge on any atom is -0.504 e. The number of aryl methyl sites for hydroxylation is 1. The zero-order valence-corrected chi connectivity index (χ0v) is 16.5. The minimum atomic E-state index is 0.198. The third-order valence-electron chi connectivity index (χ3n) is 5.56. The Morgan fingerprint density at radius 2 is 2.14 bits per heavy atom. The van der Waals surface area contributed by atoms with Crippen LogP contribution in [0.1, 0.15) is 35.6 Å². The molecule has 5 nitrogen and oxygen atoms in total. The van der Waals surface area contributed by atoms with Crippen LogP contribution in [0.4, 0.5) is 0 Å². The number of methoxy groups -OCH3 is 1. The maximum absolute atomic E-state index is 10.1. The number of hydrogen-bond donors (Lipinski definition) is 2. The topological polar surface area (TPSA) is 61.4 Å². The molecule has 1 aromatic heterocycles. The van der Waals surface area contributed by atoms with Gasteiger partial charge < -0.3 is 9.84 Å². The van der Waals surface area contributed by atoms with Gasteiger partial charge in [-0.05, 0) is 49.6 Å². The average Bonchev–Trinajstić information content (AvgIpc) is 3.18. The van der Waals surface area contributed by atoms with Crippen LogP contribution in [0, 0.1) is 6.92 Å². The lowest BCUT2D eigenvalue weighted by Gasteiger charge is -2.32. The minimum absolute atomic E-state index is 0.198. The first-order valence-corrected chi connectivity index (χ1v) is 9.82. The van der Waals surface area contributed by atoms with Crippen molar-refractivity contribution in [2.24, 2.45) is 0 Å². The molecule has 0 saturated carbocycles. The number of nitrogens with one attached hydrogen (secondary N) is 1. The first-order chi connectivity index (χ1) is 13.6. The summed E-state index contributed by atoms with van der Waals surface area (Å²) in [6.07, 6.45) is 4.26. The van der Waals surface area contributed by atoms with Gasteiger partial charge in [-0.25, -0.2) is 0 Å². The molecular formula is C23H27N3O2. The van der Waals surface area contributed by atoms with Crippen molar-refractivity contribution in [1.29, 1.82) is 0 Å². The van der Waals surface area contributed by atoms with Crippen LogP contribution in [-0.2, 0) is 6.54 Å². The molecule has 2 heterocycles. The quantitative estimate of drug-likeness (QED) is 0.688. The fourth-order valence-corrected chi connectivity index (χ4v) is 4.18. The highest BCUT2D eigenvalue weighted by molar-refractivity contribution is 5.66. The molecule has 5 heteroatoms. The number of hydrogen-bond acceptors (Lipinski definition) is 4. The van der Waals surface area contributed by atoms with Gasteiger partial charge in [0.25, 0.3) is 0 Å². The highest BCUT2D eigenvalue weighted by Gasteiger charge is 2.25. The van der Waals surface area contributed by atoms with Gasteiger partial charge in [0, 0.05) is 30.3 Å². The van der Waals surface area contributed by atoms with E-state index in [-0.39, 0.29) is 5.75 Å². The van der Waals surface area contributed by atoms with Crippen molar-refractivity contribution in [1.82, 2.24) is 15.1 Å². The summed E-state index contributed by atoms with van der Waals surface area (Å²) >= 11 is 0. The first-order valence-electron chi connectivity index (χ1n) is 9.82. The largest absolute Gasteiger partial charge is 0.504 e. The molecule has 2 aromatic carbocycles. The number of nitrogens with zero attached hydrogens (tertiary/aromatic N) is 2. The second-order valence-corrected chi connectivity index (χ2v) is 7.65. The molecule has 146 valence electrons. The van der Waals surface area contributed by atoms with E-state index in [1.807, 2.05) is 18.3 Å². The molecule has 28 heavy (non-hydrogen) atoms. The van der Waals surface area contributed by atoms with Crippen LogP contribution in [0.2, 0.25) is 0 Å². The van der Waals surface area contributed by atoms with Crippen molar-refractivity contribution >= 4 is 0 Å². The third-order valence-corrected chi connectivity index (χ3v) is 5.56. The van der Waals surface area contributed by atoms with Gasteiger partial charge in [-0.15, -0.1) is 0 Å². The lowest BCUT2D eigenvalue weighted by Crippen LogP contribution is -2.34. The molecule has 0 amide bonds. The predicted octanol–water partition coefficient (Wildman–Crippen LogP) is 4.48. The van der Waals surface area contributed by atoms with Crippen LogP contribution in [0.3, 0.4) is 0 Å². The maximum atomic E-state index is 10.1. The molecule has 1 unspecified atom stereocenters. The number of aromatic hydroxyl groups is 1. The van der Waals surface area contributed by atoms with Crippen molar-refractivity contribution in [2.45, 2.75) is 32.2 Å². The van der Waals surface area contributed by atoms with Crippen molar-refractivity contribution < 1.29 is 9.84 Å². The number of aromatic nitrogens is 2. The Bertz CT molecular complexity index is 951. The Hall–Kier alpha value is -2.79. The molecule has 0 radical (unpaired) electrons. The molecule has 1 aliphatic rings. The van der Waals surface area contributed by atoms with Crippen molar-refractivity contribution in [2.75, 3.05) is 20.2 Å². The van der Waals surface area contributed by atoms with Crippen molar-refractivity contribution in [3.63, 3.8) is 0 Å². The van der Waals surface area contributed by atoms with E-state index in [1.54, 1.807) is 13.2 Å². The number of ether oxygens (including phenoxy) is 1. The van der Waals surface area contributed by atoms with E-state index < -0.39 is 0 Å². The van der Waals surface area contributed by atoms with Crippen molar-refractivity contribution in [3.8, 4) is 22.6 Å². The summed E-state index contributed by atoms with van der Waals surface area (Å²) < 4.78 is 5.14. The summed E-state index contributed by atoms with van der Waals surface area (Å²) in [6.45, 7) is 4.99. The molecule has 1 saturated heterocycles. The van der Waals surface area contributed by atoms with Crippen LogP contribution < -0.4 is 4.74 Å². The fraction of sp³-hybridized carbons (Fsp3) is 0.348. The van der Waals surface area contributed by atoms with E-state index in [4.69, 9.17) is 4.74 Å². The van der Waals surface area contributed by atoms with Gasteiger partial charge in [0.15, 0.2) is 11.5 Å².